The van der Waals surface area contributed by atoms with Crippen LogP contribution in [0.5, 0.6) is 0 Å². The van der Waals surface area contributed by atoms with Gasteiger partial charge in [0.1, 0.15) is 85.5 Å². The summed E-state index contributed by atoms with van der Waals surface area (Å²) < 4.78 is 46.4. The molecule has 0 spiro atoms. The third-order valence-corrected chi connectivity index (χ3v) is 18.8. The molecular formula is C66H119N3O29. The summed E-state index contributed by atoms with van der Waals surface area (Å²) in [6.07, 6.45) is -15.3. The first-order valence-electron chi connectivity index (χ1n) is 35.5. The molecule has 0 bridgehead atoms. The van der Waals surface area contributed by atoms with Crippen molar-refractivity contribution >= 4 is 29.7 Å². The molecule has 0 radical (unpaired) electrons. The molecule has 32 nitrogen and oxygen atoms in total. The first-order chi connectivity index (χ1) is 46.7. The zero-order valence-corrected chi connectivity index (χ0v) is 57.5. The van der Waals surface area contributed by atoms with Gasteiger partial charge < -0.3 is 136 Å². The number of aliphatic carboxylic acids is 2. The van der Waals surface area contributed by atoms with Gasteiger partial charge in [0.05, 0.1) is 69.5 Å². The fraction of sp³-hybridized carbons (Fsp3) is 0.924. The number of hydrogen-bond acceptors (Lipinski definition) is 27. The highest BCUT2D eigenvalue weighted by atomic mass is 16.8. The molecule has 0 aromatic heterocycles. The minimum atomic E-state index is -3.39. The van der Waals surface area contributed by atoms with Crippen LogP contribution in [0.3, 0.4) is 0 Å². The Labute approximate surface area is 574 Å². The summed E-state index contributed by atoms with van der Waals surface area (Å²) in [5.74, 6) is -13.1. The Morgan fingerprint density at radius 3 is 1.42 bits per heavy atom. The Kier molecular flexibility index (Phi) is 39.8. The van der Waals surface area contributed by atoms with Gasteiger partial charge in [-0.3, -0.25) is 14.4 Å². The van der Waals surface area contributed by atoms with Gasteiger partial charge in [-0.25, -0.2) is 9.59 Å². The van der Waals surface area contributed by atoms with E-state index < -0.39 is 216 Å². The van der Waals surface area contributed by atoms with Gasteiger partial charge in [0.25, 0.3) is 11.6 Å². The van der Waals surface area contributed by atoms with Crippen molar-refractivity contribution in [2.45, 2.75) is 354 Å². The zero-order valence-electron chi connectivity index (χ0n) is 57.5. The second-order valence-electron chi connectivity index (χ2n) is 26.8. The quantitative estimate of drug-likeness (QED) is 0.0325. The summed E-state index contributed by atoms with van der Waals surface area (Å²) in [5.41, 5.74) is 0. The summed E-state index contributed by atoms with van der Waals surface area (Å²) in [4.78, 5) is 64.8. The number of carbonyl (C=O) groups is 5. The molecule has 0 aromatic rings. The van der Waals surface area contributed by atoms with Crippen molar-refractivity contribution in [3.05, 3.63) is 0 Å². The van der Waals surface area contributed by atoms with E-state index in [1.54, 1.807) is 0 Å². The summed E-state index contributed by atoms with van der Waals surface area (Å²) >= 11 is 0. The van der Waals surface area contributed by atoms with Gasteiger partial charge in [0.2, 0.25) is 17.7 Å². The third kappa shape index (κ3) is 26.3. The van der Waals surface area contributed by atoms with Crippen LogP contribution < -0.4 is 16.0 Å². The van der Waals surface area contributed by atoms with Gasteiger partial charge in [-0.15, -0.1) is 0 Å². The summed E-state index contributed by atoms with van der Waals surface area (Å²) in [6.45, 7) is 1.14. The molecule has 0 saturated carbocycles. The van der Waals surface area contributed by atoms with E-state index in [1.165, 1.54) is 83.5 Å². The number of rotatable bonds is 49. The van der Waals surface area contributed by atoms with Gasteiger partial charge in [0, 0.05) is 33.1 Å². The fourth-order valence-corrected chi connectivity index (χ4v) is 13.1. The molecule has 4 aliphatic rings. The predicted octanol–water partition coefficient (Wildman–Crippen LogP) is -0.997. The lowest BCUT2D eigenvalue weighted by molar-refractivity contribution is -0.388. The molecule has 19 N–H and O–H groups in total. The highest BCUT2D eigenvalue weighted by Gasteiger charge is 2.62. The van der Waals surface area contributed by atoms with Crippen molar-refractivity contribution < 1.29 is 144 Å². The van der Waals surface area contributed by atoms with E-state index in [9.17, 15) is 106 Å². The predicted molar refractivity (Wildman–Crippen MR) is 345 cm³/mol. The first-order valence-corrected chi connectivity index (χ1v) is 35.5. The van der Waals surface area contributed by atoms with Crippen molar-refractivity contribution in [3.63, 3.8) is 0 Å². The van der Waals surface area contributed by atoms with Crippen LogP contribution in [0.2, 0.25) is 0 Å². The highest BCUT2D eigenvalue weighted by Crippen LogP contribution is 2.41. The Morgan fingerprint density at radius 1 is 0.510 bits per heavy atom. The largest absolute Gasteiger partial charge is 0.477 e. The average Bonchev–Trinajstić information content (AvgIpc) is 0.756. The van der Waals surface area contributed by atoms with E-state index in [1.807, 2.05) is 0 Å². The monoisotopic (exact) mass is 1420 g/mol. The minimum absolute atomic E-state index is 0.178. The van der Waals surface area contributed by atoms with Crippen LogP contribution in [0.4, 0.5) is 0 Å². The smallest absolute Gasteiger partial charge is 0.364 e. The van der Waals surface area contributed by atoms with Crippen molar-refractivity contribution in [1.29, 1.82) is 0 Å². The minimum Gasteiger partial charge on any atom is -0.477 e. The lowest BCUT2D eigenvalue weighted by atomic mass is 9.87. The Balaban J connectivity index is 1.52. The average molecular weight is 1420 g/mol. The maximum atomic E-state index is 13.6. The molecule has 24 atom stereocenters. The Morgan fingerprint density at radius 2 is 0.959 bits per heavy atom. The molecule has 32 heteroatoms. The van der Waals surface area contributed by atoms with Crippen molar-refractivity contribution in [1.82, 2.24) is 16.0 Å². The van der Waals surface area contributed by atoms with Crippen molar-refractivity contribution in [2.75, 3.05) is 33.0 Å². The molecule has 4 aliphatic heterocycles. The SMILES string of the molecule is CCCCCCCCCCCCCCCC(O)C(COC1OC(CO)C(OC2OC(CO)C(O)C(OC3(C(=O)O)CC(O)C(NC(C)=O)C(C(O)C(CO)OC4(C(=O)O)CC(O)C(NC(C)=O)C(C(O)C(O)CO)O4)O3)C2O)C(O)C1O)NC(=O)CCCCCCCCCCCCC. The maximum Gasteiger partial charge on any atom is 0.364 e. The summed E-state index contributed by atoms with van der Waals surface area (Å²) in [5, 5.41) is 185. The number of unbranched alkanes of at least 4 members (excludes halogenated alkanes) is 22. The van der Waals surface area contributed by atoms with E-state index in [4.69, 9.17) is 37.9 Å². The second kappa shape index (κ2) is 44.9. The molecule has 572 valence electrons. The molecule has 4 heterocycles. The lowest BCUT2D eigenvalue weighted by Gasteiger charge is -2.51. The van der Waals surface area contributed by atoms with E-state index in [-0.39, 0.29) is 12.3 Å². The van der Waals surface area contributed by atoms with E-state index in [0.29, 0.717) is 19.3 Å². The van der Waals surface area contributed by atoms with Crippen LogP contribution in [0.1, 0.15) is 207 Å². The van der Waals surface area contributed by atoms with Crippen molar-refractivity contribution in [3.8, 4) is 0 Å². The molecule has 3 amide bonds. The number of ether oxygens (including phenoxy) is 8. The number of nitrogens with one attached hydrogen (secondary N) is 3. The molecular weight excluding hydrogens is 1300 g/mol. The van der Waals surface area contributed by atoms with E-state index in [2.05, 4.69) is 29.8 Å². The van der Waals surface area contributed by atoms with Crippen LogP contribution in [0, 0.1) is 0 Å². The third-order valence-electron chi connectivity index (χ3n) is 18.8. The van der Waals surface area contributed by atoms with Gasteiger partial charge in [-0.05, 0) is 12.8 Å². The van der Waals surface area contributed by atoms with Crippen LogP contribution in [-0.2, 0) is 61.9 Å². The Bertz CT molecular complexity index is 2290. The molecule has 0 aromatic carbocycles. The van der Waals surface area contributed by atoms with Gasteiger partial charge in [0.15, 0.2) is 12.6 Å². The first kappa shape index (κ1) is 86.9. The van der Waals surface area contributed by atoms with Crippen molar-refractivity contribution in [2.24, 2.45) is 0 Å². The second-order valence-corrected chi connectivity index (χ2v) is 26.8. The molecule has 24 unspecified atom stereocenters. The number of aliphatic hydroxyl groups is 14. The maximum absolute atomic E-state index is 13.6. The number of hydrogen-bond donors (Lipinski definition) is 19. The highest BCUT2D eigenvalue weighted by molar-refractivity contribution is 5.78. The molecule has 98 heavy (non-hydrogen) atoms. The number of carbonyl (C=O) groups excluding carboxylic acids is 3. The molecule has 4 saturated heterocycles. The topological polar surface area (TPSA) is 519 Å². The van der Waals surface area contributed by atoms with Crippen LogP contribution >= 0.6 is 0 Å². The molecule has 0 aliphatic carbocycles. The lowest BCUT2D eigenvalue weighted by Crippen LogP contribution is -2.72. The van der Waals surface area contributed by atoms with Crippen LogP contribution in [0.25, 0.3) is 0 Å². The molecule has 4 rings (SSSR count). The van der Waals surface area contributed by atoms with Gasteiger partial charge in [-0.1, -0.05) is 162 Å². The zero-order chi connectivity index (χ0) is 72.7. The standard InChI is InChI=1S/C66H119N3O29/c1-5-7-9-11-13-15-17-18-20-21-23-25-27-29-41(76)40(69-48(80)30-28-26-24-22-19-16-14-12-10-8-6-2)37-91-61-55(85)54(84)57(47(36-73)93-61)94-62-56(86)60(52(82)45(34-71)92-62)98-66(64(89)90)32-43(78)50(68-39(4)75)59(97-66)53(83)46(35-72)95-65(63(87)88)31-42(77)49(67-38(3)74)58(96-65)51(81)44(79)33-70/h40-47,49-62,70-73,76-79,81-86H,5-37H2,1-4H3,(H,67,74)(H,68,75)(H,69,80)(H,87,88)(H,89,90). The van der Waals surface area contributed by atoms with Gasteiger partial charge >= 0.3 is 11.9 Å². The van der Waals surface area contributed by atoms with Crippen LogP contribution in [-0.4, -0.2) is 290 Å². The number of carboxylic acid groups (broad SMARTS) is 2. The van der Waals surface area contributed by atoms with E-state index >= 15 is 0 Å². The van der Waals surface area contributed by atoms with E-state index in [0.717, 1.165) is 71.6 Å². The summed E-state index contributed by atoms with van der Waals surface area (Å²) in [7, 11) is 0. The fourth-order valence-electron chi connectivity index (χ4n) is 13.1. The van der Waals surface area contributed by atoms with Crippen LogP contribution in [0.15, 0.2) is 0 Å². The number of carboxylic acids is 2. The summed E-state index contributed by atoms with van der Waals surface area (Å²) in [6, 6.07) is -4.63. The Hall–Kier alpha value is -3.53. The molecule has 4 fully saturated rings. The number of amides is 3. The normalized spacial score (nSPS) is 32.5. The number of aliphatic hydroxyl groups excluding tert-OH is 14. The van der Waals surface area contributed by atoms with Gasteiger partial charge in [-0.2, -0.15) is 0 Å².